The molecule has 0 atom stereocenters. The molecule has 0 unspecified atom stereocenters. The van der Waals surface area contributed by atoms with Crippen molar-refractivity contribution in [3.8, 4) is 62.1 Å². The first-order valence-corrected chi connectivity index (χ1v) is 21.4. The van der Waals surface area contributed by atoms with Crippen LogP contribution in [0.2, 0.25) is 0 Å². The van der Waals surface area contributed by atoms with Crippen molar-refractivity contribution in [1.82, 2.24) is 19.5 Å². The van der Waals surface area contributed by atoms with Gasteiger partial charge in [0, 0.05) is 33.2 Å². The quantitative estimate of drug-likeness (QED) is 0.169. The minimum absolute atomic E-state index is 0.0696. The summed E-state index contributed by atoms with van der Waals surface area (Å²) in [5.41, 5.74) is 13.9. The third kappa shape index (κ3) is 6.51. The van der Waals surface area contributed by atoms with Crippen LogP contribution in [0.15, 0.2) is 182 Å². The Kier molecular flexibility index (Phi) is 8.61. The summed E-state index contributed by atoms with van der Waals surface area (Å²) in [6, 6.07) is 65.2. The van der Waals surface area contributed by atoms with Crippen LogP contribution in [-0.2, 0) is 10.8 Å². The van der Waals surface area contributed by atoms with Gasteiger partial charge in [-0.15, -0.1) is 0 Å². The highest BCUT2D eigenvalue weighted by Gasteiger charge is 2.38. The Labute approximate surface area is 357 Å². The largest absolute Gasteiger partial charge is 0.309 e. The second-order valence-electron chi connectivity index (χ2n) is 18.0. The summed E-state index contributed by atoms with van der Waals surface area (Å²) >= 11 is 0. The van der Waals surface area contributed by atoms with Crippen LogP contribution in [0, 0.1) is 0 Å². The van der Waals surface area contributed by atoms with Crippen molar-refractivity contribution in [2.45, 2.75) is 51.4 Å². The molecule has 11 rings (SSSR count). The van der Waals surface area contributed by atoms with Crippen LogP contribution in [0.1, 0.15) is 51.7 Å². The fraction of sp³-hybridized carbons (Fsp3) is 0.140. The zero-order chi connectivity index (χ0) is 41.3. The number of nitrogens with zero attached hydrogens (tertiary/aromatic N) is 4. The van der Waals surface area contributed by atoms with Gasteiger partial charge in [0.15, 0.2) is 17.5 Å². The maximum absolute atomic E-state index is 5.26. The third-order valence-electron chi connectivity index (χ3n) is 13.1. The third-order valence-corrected chi connectivity index (χ3v) is 13.1. The molecule has 1 aliphatic carbocycles. The van der Waals surface area contributed by atoms with Gasteiger partial charge in [-0.1, -0.05) is 161 Å². The van der Waals surface area contributed by atoms with E-state index in [1.165, 1.54) is 50.1 Å². The van der Waals surface area contributed by atoms with E-state index in [9.17, 15) is 0 Å². The number of hydrogen-bond donors (Lipinski definition) is 0. The lowest BCUT2D eigenvalue weighted by molar-refractivity contribution is 0.332. The van der Waals surface area contributed by atoms with E-state index in [4.69, 9.17) is 15.0 Å². The van der Waals surface area contributed by atoms with Crippen LogP contribution in [0.5, 0.6) is 0 Å². The molecule has 61 heavy (non-hydrogen) atoms. The first kappa shape index (κ1) is 36.9. The lowest BCUT2D eigenvalue weighted by Gasteiger charge is -2.42. The molecule has 4 nitrogen and oxygen atoms in total. The second-order valence-corrected chi connectivity index (χ2v) is 18.0. The molecule has 294 valence electrons. The highest BCUT2D eigenvalue weighted by molar-refractivity contribution is 6.14. The van der Waals surface area contributed by atoms with E-state index in [1.54, 1.807) is 0 Å². The van der Waals surface area contributed by atoms with Gasteiger partial charge in [-0.2, -0.15) is 0 Å². The molecule has 0 N–H and O–H groups in total. The minimum atomic E-state index is 0.0696. The van der Waals surface area contributed by atoms with E-state index in [0.717, 1.165) is 51.1 Å². The molecular formula is C57H46N4. The molecule has 1 aliphatic rings. The Hall–Kier alpha value is -7.17. The monoisotopic (exact) mass is 786 g/mol. The Morgan fingerprint density at radius 3 is 1.33 bits per heavy atom. The topological polar surface area (TPSA) is 43.6 Å². The molecule has 8 aromatic carbocycles. The van der Waals surface area contributed by atoms with E-state index in [2.05, 4.69) is 202 Å². The van der Waals surface area contributed by atoms with Crippen LogP contribution in [0.4, 0.5) is 0 Å². The van der Waals surface area contributed by atoms with Crippen molar-refractivity contribution in [1.29, 1.82) is 0 Å². The molecular weight excluding hydrogens is 741 g/mol. The molecule has 4 heteroatoms. The molecule has 2 aromatic heterocycles. The minimum Gasteiger partial charge on any atom is -0.309 e. The maximum atomic E-state index is 5.26. The molecule has 0 fully saturated rings. The van der Waals surface area contributed by atoms with Gasteiger partial charge in [0.2, 0.25) is 0 Å². The number of aromatic nitrogens is 4. The SMILES string of the molecule is CC1(C)CCC(C)(C)c2cc3c(cc21)c1cc2ccccc2cc1n3-c1cccc(-c2nc(-c3cccc(-c4ccccc4)c3)nc(-c3cccc(-c4ccccc4)c3)n2)c1. The Bertz CT molecular complexity index is 3200. The van der Waals surface area contributed by atoms with Crippen molar-refractivity contribution in [2.24, 2.45) is 0 Å². The molecule has 0 radical (unpaired) electrons. The van der Waals surface area contributed by atoms with Crippen molar-refractivity contribution in [3.63, 3.8) is 0 Å². The number of fused-ring (bicyclic) bond motifs is 5. The molecule has 0 bridgehead atoms. The normalized spacial score (nSPS) is 14.4. The van der Waals surface area contributed by atoms with Crippen molar-refractivity contribution < 1.29 is 0 Å². The second kappa shape index (κ2) is 14.2. The summed E-state index contributed by atoms with van der Waals surface area (Å²) in [4.78, 5) is 15.7. The molecule has 0 amide bonds. The first-order chi connectivity index (χ1) is 29.7. The van der Waals surface area contributed by atoms with Gasteiger partial charge in [0.25, 0.3) is 0 Å². The molecule has 2 heterocycles. The molecule has 0 spiro atoms. The summed E-state index contributed by atoms with van der Waals surface area (Å²) in [6.07, 6.45) is 2.33. The lowest BCUT2D eigenvalue weighted by atomic mass is 9.63. The van der Waals surface area contributed by atoms with Crippen molar-refractivity contribution in [2.75, 3.05) is 0 Å². The van der Waals surface area contributed by atoms with Crippen LogP contribution in [0.25, 0.3) is 94.7 Å². The number of hydrogen-bond acceptors (Lipinski definition) is 3. The maximum Gasteiger partial charge on any atom is 0.164 e. The Balaban J connectivity index is 1.12. The van der Waals surface area contributed by atoms with Crippen LogP contribution in [-0.4, -0.2) is 19.5 Å². The van der Waals surface area contributed by atoms with E-state index in [0.29, 0.717) is 17.5 Å². The first-order valence-electron chi connectivity index (χ1n) is 21.4. The molecule has 0 aliphatic heterocycles. The van der Waals surface area contributed by atoms with Crippen molar-refractivity contribution in [3.05, 3.63) is 193 Å². The van der Waals surface area contributed by atoms with Gasteiger partial charge in [-0.25, -0.2) is 15.0 Å². The lowest BCUT2D eigenvalue weighted by Crippen LogP contribution is -2.33. The number of rotatable bonds is 6. The zero-order valence-electron chi connectivity index (χ0n) is 35.0. The summed E-state index contributed by atoms with van der Waals surface area (Å²) in [5.74, 6) is 1.89. The van der Waals surface area contributed by atoms with Gasteiger partial charge in [-0.05, 0) is 116 Å². The summed E-state index contributed by atoms with van der Waals surface area (Å²) < 4.78 is 2.47. The smallest absolute Gasteiger partial charge is 0.164 e. The van der Waals surface area contributed by atoms with E-state index in [1.807, 2.05) is 12.1 Å². The van der Waals surface area contributed by atoms with E-state index in [-0.39, 0.29) is 10.8 Å². The van der Waals surface area contributed by atoms with Gasteiger partial charge in [0.05, 0.1) is 11.0 Å². The zero-order valence-corrected chi connectivity index (χ0v) is 35.0. The van der Waals surface area contributed by atoms with E-state index >= 15 is 0 Å². The van der Waals surface area contributed by atoms with E-state index < -0.39 is 0 Å². The summed E-state index contributed by atoms with van der Waals surface area (Å²) in [7, 11) is 0. The predicted molar refractivity (Wildman–Crippen MR) is 254 cm³/mol. The highest BCUT2D eigenvalue weighted by atomic mass is 15.0. The predicted octanol–water partition coefficient (Wildman–Crippen LogP) is 14.8. The standard InChI is InChI=1S/C57H46N4/c1-56(2)28-29-57(3,4)50-36-52-48(35-49(50)56)47-33-41-20-11-12-21-42(41)34-51(47)61(52)46-27-15-26-45(32-46)55-59-53(43-24-13-22-39(30-43)37-16-7-5-8-17-37)58-54(60-55)44-25-14-23-40(31-44)38-18-9-6-10-19-38/h5-27,30-36H,28-29H2,1-4H3. The fourth-order valence-corrected chi connectivity index (χ4v) is 9.52. The summed E-state index contributed by atoms with van der Waals surface area (Å²) in [5, 5.41) is 5.03. The van der Waals surface area contributed by atoms with Gasteiger partial charge in [0.1, 0.15) is 0 Å². The van der Waals surface area contributed by atoms with Crippen molar-refractivity contribution >= 4 is 32.6 Å². The van der Waals surface area contributed by atoms with Gasteiger partial charge >= 0.3 is 0 Å². The molecule has 10 aromatic rings. The van der Waals surface area contributed by atoms with Gasteiger partial charge in [-0.3, -0.25) is 0 Å². The van der Waals surface area contributed by atoms with Crippen LogP contribution >= 0.6 is 0 Å². The average Bonchev–Trinajstić information content (AvgIpc) is 3.62. The molecule has 0 saturated heterocycles. The highest BCUT2D eigenvalue weighted by Crippen LogP contribution is 2.49. The fourth-order valence-electron chi connectivity index (χ4n) is 9.52. The Morgan fingerprint density at radius 1 is 0.361 bits per heavy atom. The molecule has 0 saturated carbocycles. The Morgan fingerprint density at radius 2 is 0.770 bits per heavy atom. The van der Waals surface area contributed by atoms with Gasteiger partial charge < -0.3 is 4.57 Å². The average molecular weight is 787 g/mol. The number of benzene rings is 8. The van der Waals surface area contributed by atoms with Crippen LogP contribution < -0.4 is 0 Å². The summed E-state index contributed by atoms with van der Waals surface area (Å²) in [6.45, 7) is 9.65. The van der Waals surface area contributed by atoms with Crippen LogP contribution in [0.3, 0.4) is 0 Å².